The smallest absolute Gasteiger partial charge is 0.186 e. The van der Waals surface area contributed by atoms with Crippen LogP contribution < -0.4 is 10.2 Å². The third-order valence-electron chi connectivity index (χ3n) is 7.46. The Hall–Kier alpha value is -3.02. The minimum atomic E-state index is 0.223. The summed E-state index contributed by atoms with van der Waals surface area (Å²) in [5.74, 6) is 0. The van der Waals surface area contributed by atoms with Crippen molar-refractivity contribution in [2.24, 2.45) is 7.05 Å². The van der Waals surface area contributed by atoms with Crippen LogP contribution in [0, 0.1) is 11.3 Å². The van der Waals surface area contributed by atoms with Crippen molar-refractivity contribution in [3.8, 4) is 17.3 Å². The third-order valence-corrected chi connectivity index (χ3v) is 8.57. The van der Waals surface area contributed by atoms with E-state index in [-0.39, 0.29) is 11.1 Å². The Labute approximate surface area is 197 Å². The summed E-state index contributed by atoms with van der Waals surface area (Å²) in [6, 6.07) is 8.78. The van der Waals surface area contributed by atoms with Crippen molar-refractivity contribution in [1.82, 2.24) is 25.1 Å². The molecule has 8 heteroatoms. The first kappa shape index (κ1) is 20.6. The summed E-state index contributed by atoms with van der Waals surface area (Å²) in [4.78, 5) is 12.0. The number of rotatable bonds is 3. The molecule has 1 aromatic carbocycles. The van der Waals surface area contributed by atoms with Crippen molar-refractivity contribution in [2.75, 3.05) is 11.9 Å². The number of fused-ring (bicyclic) bond motifs is 4. The van der Waals surface area contributed by atoms with Crippen LogP contribution in [0.5, 0.6) is 0 Å². The average molecular weight is 458 g/mol. The maximum Gasteiger partial charge on any atom is 0.186 e. The molecule has 4 aromatic rings. The fourth-order valence-electron chi connectivity index (χ4n) is 5.87. The fourth-order valence-corrected chi connectivity index (χ4v) is 6.88. The normalized spacial score (nSPS) is 26.7. The summed E-state index contributed by atoms with van der Waals surface area (Å²) < 4.78 is 2.85. The monoisotopic (exact) mass is 457 g/mol. The Morgan fingerprint density at radius 3 is 2.70 bits per heavy atom. The predicted octanol–water partition coefficient (Wildman–Crippen LogP) is 4.62. The van der Waals surface area contributed by atoms with E-state index in [0.29, 0.717) is 11.6 Å². The number of aryl methyl sites for hydroxylation is 1. The molecule has 5 heterocycles. The summed E-state index contributed by atoms with van der Waals surface area (Å²) in [6.07, 6.45) is 8.55. The van der Waals surface area contributed by atoms with Crippen LogP contribution >= 0.6 is 11.3 Å². The highest BCUT2D eigenvalue weighted by atomic mass is 32.1. The Balaban J connectivity index is 1.34. The largest absolute Gasteiger partial charge is 0.348 e. The maximum atomic E-state index is 9.62. The van der Waals surface area contributed by atoms with Gasteiger partial charge in [0.25, 0.3) is 0 Å². The van der Waals surface area contributed by atoms with Gasteiger partial charge in [-0.3, -0.25) is 9.67 Å². The molecule has 2 aliphatic heterocycles. The Morgan fingerprint density at radius 2 is 1.97 bits per heavy atom. The number of aromatic nitrogens is 4. The van der Waals surface area contributed by atoms with Gasteiger partial charge in [0.05, 0.1) is 22.2 Å². The molecule has 3 atom stereocenters. The molecule has 0 radical (unpaired) electrons. The number of benzene rings is 1. The molecular formula is C25H27N7S. The molecule has 0 spiro atoms. The van der Waals surface area contributed by atoms with Crippen LogP contribution in [0.1, 0.15) is 45.1 Å². The van der Waals surface area contributed by atoms with Crippen LogP contribution in [-0.4, -0.2) is 43.9 Å². The number of hydrogen-bond acceptors (Lipinski definition) is 7. The molecule has 0 aliphatic carbocycles. The van der Waals surface area contributed by atoms with E-state index in [2.05, 4.69) is 59.4 Å². The van der Waals surface area contributed by atoms with E-state index >= 15 is 0 Å². The maximum absolute atomic E-state index is 9.62. The van der Waals surface area contributed by atoms with E-state index in [0.717, 1.165) is 50.4 Å². The highest BCUT2D eigenvalue weighted by molar-refractivity contribution is 7.22. The zero-order valence-corrected chi connectivity index (χ0v) is 20.2. The topological polar surface area (TPSA) is 82.7 Å². The molecule has 7 nitrogen and oxygen atoms in total. The predicted molar refractivity (Wildman–Crippen MR) is 132 cm³/mol. The van der Waals surface area contributed by atoms with Gasteiger partial charge in [-0.25, -0.2) is 4.98 Å². The molecule has 6 rings (SSSR count). The number of hydrogen-bond donors (Lipinski definition) is 1. The third kappa shape index (κ3) is 3.38. The van der Waals surface area contributed by atoms with Gasteiger partial charge in [0.2, 0.25) is 0 Å². The van der Waals surface area contributed by atoms with E-state index in [4.69, 9.17) is 4.98 Å². The first-order valence-electron chi connectivity index (χ1n) is 11.4. The Bertz CT molecular complexity index is 1430. The minimum Gasteiger partial charge on any atom is -0.348 e. The van der Waals surface area contributed by atoms with Gasteiger partial charge < -0.3 is 10.2 Å². The lowest BCUT2D eigenvalue weighted by molar-refractivity contribution is 0.208. The number of nitrogens with one attached hydrogen (secondary N) is 1. The summed E-state index contributed by atoms with van der Waals surface area (Å²) >= 11 is 1.72. The Morgan fingerprint density at radius 1 is 1.21 bits per heavy atom. The van der Waals surface area contributed by atoms with Crippen LogP contribution in [0.25, 0.3) is 32.4 Å². The van der Waals surface area contributed by atoms with Crippen molar-refractivity contribution in [1.29, 1.82) is 5.26 Å². The highest BCUT2D eigenvalue weighted by Gasteiger charge is 2.49. The number of piperidine rings is 1. The number of pyridine rings is 1. The van der Waals surface area contributed by atoms with Crippen molar-refractivity contribution < 1.29 is 0 Å². The quantitative estimate of drug-likeness (QED) is 0.484. The van der Waals surface area contributed by atoms with E-state index in [1.165, 1.54) is 12.8 Å². The van der Waals surface area contributed by atoms with Crippen LogP contribution in [0.4, 0.5) is 5.13 Å². The van der Waals surface area contributed by atoms with Gasteiger partial charge in [0, 0.05) is 48.4 Å². The molecular weight excluding hydrogens is 430 g/mol. The van der Waals surface area contributed by atoms with Gasteiger partial charge >= 0.3 is 0 Å². The van der Waals surface area contributed by atoms with Crippen molar-refractivity contribution >= 4 is 37.6 Å². The van der Waals surface area contributed by atoms with Gasteiger partial charge in [-0.2, -0.15) is 10.4 Å². The minimum absolute atomic E-state index is 0.223. The first-order valence-corrected chi connectivity index (χ1v) is 12.2. The molecule has 33 heavy (non-hydrogen) atoms. The van der Waals surface area contributed by atoms with Gasteiger partial charge in [-0.05, 0) is 57.7 Å². The lowest BCUT2D eigenvalue weighted by Gasteiger charge is -2.45. The fraction of sp³-hybridized carbons (Fsp3) is 0.440. The highest BCUT2D eigenvalue weighted by Crippen LogP contribution is 2.44. The average Bonchev–Trinajstić information content (AvgIpc) is 3.43. The zero-order valence-electron chi connectivity index (χ0n) is 19.4. The van der Waals surface area contributed by atoms with Crippen LogP contribution in [0.2, 0.25) is 0 Å². The summed E-state index contributed by atoms with van der Waals surface area (Å²) in [6.45, 7) is 4.72. The molecule has 0 saturated carbocycles. The summed E-state index contributed by atoms with van der Waals surface area (Å²) in [7, 11) is 4.05. The van der Waals surface area contributed by atoms with Gasteiger partial charge in [0.15, 0.2) is 5.13 Å². The van der Waals surface area contributed by atoms with E-state index in [1.807, 2.05) is 25.5 Å². The van der Waals surface area contributed by atoms with Crippen molar-refractivity contribution in [3.63, 3.8) is 0 Å². The van der Waals surface area contributed by atoms with Crippen molar-refractivity contribution in [3.05, 3.63) is 36.2 Å². The second-order valence-electron chi connectivity index (χ2n) is 10.3. The molecule has 2 saturated heterocycles. The lowest BCUT2D eigenvalue weighted by Crippen LogP contribution is -2.58. The summed E-state index contributed by atoms with van der Waals surface area (Å²) in [5.41, 5.74) is 4.43. The molecule has 1 N–H and O–H groups in total. The van der Waals surface area contributed by atoms with Crippen molar-refractivity contribution in [2.45, 2.75) is 56.7 Å². The van der Waals surface area contributed by atoms with Gasteiger partial charge in [-0.15, -0.1) is 0 Å². The van der Waals surface area contributed by atoms with Crippen LogP contribution in [0.15, 0.2) is 30.6 Å². The van der Waals surface area contributed by atoms with Gasteiger partial charge in [0.1, 0.15) is 17.1 Å². The molecule has 2 aliphatic rings. The second kappa shape index (κ2) is 6.99. The summed E-state index contributed by atoms with van der Waals surface area (Å²) in [5, 5.41) is 19.9. The number of anilines is 1. The molecule has 0 amide bonds. The molecule has 0 unspecified atom stereocenters. The lowest BCUT2D eigenvalue weighted by atomic mass is 9.84. The first-order chi connectivity index (χ1) is 15.7. The van der Waals surface area contributed by atoms with Crippen LogP contribution in [0.3, 0.4) is 0 Å². The number of nitrogens with zero attached hydrogens (tertiary/aromatic N) is 6. The Kier molecular flexibility index (Phi) is 4.36. The zero-order chi connectivity index (χ0) is 23.0. The molecule has 3 aromatic heterocycles. The number of thiazole rings is 1. The van der Waals surface area contributed by atoms with E-state index in [1.54, 1.807) is 16.0 Å². The molecule has 168 valence electrons. The van der Waals surface area contributed by atoms with Crippen LogP contribution in [-0.2, 0) is 7.05 Å². The van der Waals surface area contributed by atoms with Gasteiger partial charge in [-0.1, -0.05) is 11.3 Å². The SMILES string of the molecule is CN(c1nc2cnc(-c3cc(C#N)c4nn(C)cc4c3)cc2s1)[C@H]1C[C@]2(C)CC[C@](C)(C1)N2. The standard InChI is InChI=1S/C25H27N7S/c1-24-5-6-25(2,30-24)11-18(10-24)32(4)23-28-20-13-27-19(9-21(20)33-23)15-7-16(12-26)22-17(8-15)14-31(3)29-22/h7-9,13-14,18,30H,5-6,10-11H2,1-4H3/t18-,24-,25+. The van der Waals surface area contributed by atoms with E-state index in [9.17, 15) is 5.26 Å². The molecule has 2 bridgehead atoms. The number of nitriles is 1. The second-order valence-corrected chi connectivity index (χ2v) is 11.3. The van der Waals surface area contributed by atoms with E-state index < -0.39 is 0 Å². The molecule has 2 fully saturated rings.